The Labute approximate surface area is 231 Å². The molecule has 1 amide bonds. The number of benzene rings is 3. The molecule has 1 saturated heterocycles. The highest BCUT2D eigenvalue weighted by Crippen LogP contribution is 2.51. The molecular weight excluding hydrogens is 519 g/mol. The maximum absolute atomic E-state index is 13.6. The minimum Gasteiger partial charge on any atom is -0.478 e. The van der Waals surface area contributed by atoms with Crippen molar-refractivity contribution < 1.29 is 27.9 Å². The first-order chi connectivity index (χ1) is 19.2. The van der Waals surface area contributed by atoms with E-state index < -0.39 is 30.0 Å². The fraction of sp³-hybridized carbons (Fsp3) is 0.355. The van der Waals surface area contributed by atoms with Gasteiger partial charge in [-0.15, -0.1) is 0 Å². The van der Waals surface area contributed by atoms with Gasteiger partial charge in [0.05, 0.1) is 5.56 Å². The summed E-state index contributed by atoms with van der Waals surface area (Å²) in [5.41, 5.74) is 3.41. The Hall–Kier alpha value is -3.85. The zero-order chi connectivity index (χ0) is 28.3. The van der Waals surface area contributed by atoms with Crippen LogP contribution in [0.2, 0.25) is 0 Å². The van der Waals surface area contributed by atoms with Crippen LogP contribution in [0.4, 0.5) is 18.9 Å². The van der Waals surface area contributed by atoms with Crippen LogP contribution in [0.25, 0.3) is 11.1 Å². The second-order valence-electron chi connectivity index (χ2n) is 10.4. The summed E-state index contributed by atoms with van der Waals surface area (Å²) in [5.74, 6) is -1.55. The smallest absolute Gasteiger partial charge is 0.405 e. The quantitative estimate of drug-likeness (QED) is 0.352. The summed E-state index contributed by atoms with van der Waals surface area (Å²) in [4.78, 5) is 29.3. The second kappa shape index (κ2) is 11.3. The third-order valence-corrected chi connectivity index (χ3v) is 8.03. The molecule has 40 heavy (non-hydrogen) atoms. The number of nitrogens with zero attached hydrogens (tertiary/aromatic N) is 2. The van der Waals surface area contributed by atoms with E-state index in [2.05, 4.69) is 15.1 Å². The van der Waals surface area contributed by atoms with Crippen LogP contribution in [0.1, 0.15) is 40.7 Å². The third kappa shape index (κ3) is 5.56. The van der Waals surface area contributed by atoms with Gasteiger partial charge in [-0.3, -0.25) is 9.69 Å². The van der Waals surface area contributed by atoms with Crippen LogP contribution < -0.4 is 10.2 Å². The molecule has 6 nitrogen and oxygen atoms in total. The molecule has 0 bridgehead atoms. The van der Waals surface area contributed by atoms with Crippen LogP contribution in [0, 0.1) is 0 Å². The van der Waals surface area contributed by atoms with Gasteiger partial charge in [-0.1, -0.05) is 55.0 Å². The molecule has 0 spiro atoms. The molecule has 0 aromatic heterocycles. The van der Waals surface area contributed by atoms with E-state index in [1.165, 1.54) is 0 Å². The van der Waals surface area contributed by atoms with Crippen molar-refractivity contribution in [1.82, 2.24) is 10.2 Å². The topological polar surface area (TPSA) is 72.9 Å². The average molecular weight is 552 g/mol. The second-order valence-corrected chi connectivity index (χ2v) is 10.4. The van der Waals surface area contributed by atoms with Crippen molar-refractivity contribution in [3.8, 4) is 11.1 Å². The van der Waals surface area contributed by atoms with E-state index in [0.29, 0.717) is 12.8 Å². The molecule has 1 fully saturated rings. The number of nitrogens with one attached hydrogen (secondary N) is 1. The molecule has 2 N–H and O–H groups in total. The SMILES string of the molecule is O=C(O)c1ccc(N2CCN(CCCCC3(C(=O)NCC(F)(F)F)c4ccccc4-c4ccccc43)CC2)cc1. The summed E-state index contributed by atoms with van der Waals surface area (Å²) in [6.45, 7) is 2.80. The number of carbonyl (C=O) groups is 2. The van der Waals surface area contributed by atoms with Crippen molar-refractivity contribution >= 4 is 17.6 Å². The van der Waals surface area contributed by atoms with Crippen molar-refractivity contribution in [3.63, 3.8) is 0 Å². The van der Waals surface area contributed by atoms with Crippen LogP contribution in [0.15, 0.2) is 72.8 Å². The van der Waals surface area contributed by atoms with Crippen molar-refractivity contribution in [1.29, 1.82) is 0 Å². The van der Waals surface area contributed by atoms with Crippen molar-refractivity contribution in [2.24, 2.45) is 0 Å². The number of unbranched alkanes of at least 4 members (excludes halogenated alkanes) is 1. The number of aromatic carboxylic acids is 1. The molecule has 9 heteroatoms. The van der Waals surface area contributed by atoms with E-state index in [-0.39, 0.29) is 5.56 Å². The molecule has 0 atom stereocenters. The van der Waals surface area contributed by atoms with Crippen LogP contribution in [-0.4, -0.2) is 67.3 Å². The predicted octanol–water partition coefficient (Wildman–Crippen LogP) is 5.32. The van der Waals surface area contributed by atoms with Gasteiger partial charge in [0.1, 0.15) is 12.0 Å². The number of alkyl halides is 3. The number of hydrogen-bond donors (Lipinski definition) is 2. The fourth-order valence-corrected chi connectivity index (χ4v) is 6.05. The number of amides is 1. The Kier molecular flexibility index (Phi) is 7.85. The van der Waals surface area contributed by atoms with Crippen LogP contribution >= 0.6 is 0 Å². The molecule has 3 aromatic rings. The van der Waals surface area contributed by atoms with Crippen molar-refractivity contribution in [2.75, 3.05) is 44.2 Å². The summed E-state index contributed by atoms with van der Waals surface area (Å²) in [7, 11) is 0. The minimum absolute atomic E-state index is 0.264. The molecule has 210 valence electrons. The molecule has 0 unspecified atom stereocenters. The van der Waals surface area contributed by atoms with E-state index in [4.69, 9.17) is 5.11 Å². The first-order valence-corrected chi connectivity index (χ1v) is 13.5. The predicted molar refractivity (Wildman–Crippen MR) is 148 cm³/mol. The van der Waals surface area contributed by atoms with Gasteiger partial charge in [-0.25, -0.2) is 4.79 Å². The van der Waals surface area contributed by atoms with E-state index in [0.717, 1.165) is 67.1 Å². The monoisotopic (exact) mass is 551 g/mol. The van der Waals surface area contributed by atoms with Gasteiger partial charge >= 0.3 is 12.1 Å². The first-order valence-electron chi connectivity index (χ1n) is 13.5. The largest absolute Gasteiger partial charge is 0.478 e. The minimum atomic E-state index is -4.49. The summed E-state index contributed by atoms with van der Waals surface area (Å²) in [6.07, 6.45) is -2.58. The number of halogens is 3. The van der Waals surface area contributed by atoms with Crippen LogP contribution in [0.3, 0.4) is 0 Å². The van der Waals surface area contributed by atoms with Gasteiger partial charge < -0.3 is 15.3 Å². The zero-order valence-corrected chi connectivity index (χ0v) is 22.1. The zero-order valence-electron chi connectivity index (χ0n) is 22.1. The first kappa shape index (κ1) is 27.7. The highest BCUT2D eigenvalue weighted by molar-refractivity contribution is 6.00. The summed E-state index contributed by atoms with van der Waals surface area (Å²) in [6, 6.07) is 21.9. The van der Waals surface area contributed by atoms with Crippen molar-refractivity contribution in [3.05, 3.63) is 89.5 Å². The Balaban J connectivity index is 1.24. The van der Waals surface area contributed by atoms with E-state index >= 15 is 0 Å². The number of carboxylic acid groups (broad SMARTS) is 1. The number of carboxylic acids is 1. The highest BCUT2D eigenvalue weighted by Gasteiger charge is 2.49. The number of anilines is 1. The number of piperazine rings is 1. The Morgan fingerprint density at radius 3 is 1.95 bits per heavy atom. The normalized spacial score (nSPS) is 16.3. The van der Waals surface area contributed by atoms with Gasteiger partial charge in [-0.2, -0.15) is 13.2 Å². The molecule has 1 heterocycles. The van der Waals surface area contributed by atoms with E-state index in [9.17, 15) is 22.8 Å². The lowest BCUT2D eigenvalue weighted by Crippen LogP contribution is -2.47. The van der Waals surface area contributed by atoms with Gasteiger partial charge in [0.2, 0.25) is 5.91 Å². The van der Waals surface area contributed by atoms with Gasteiger partial charge in [0.15, 0.2) is 0 Å². The van der Waals surface area contributed by atoms with Crippen LogP contribution in [0.5, 0.6) is 0 Å². The fourth-order valence-electron chi connectivity index (χ4n) is 6.05. The third-order valence-electron chi connectivity index (χ3n) is 8.03. The van der Waals surface area contributed by atoms with E-state index in [1.54, 1.807) is 12.1 Å². The van der Waals surface area contributed by atoms with Crippen molar-refractivity contribution in [2.45, 2.75) is 30.9 Å². The number of fused-ring (bicyclic) bond motifs is 3. The molecule has 0 radical (unpaired) electrons. The maximum Gasteiger partial charge on any atom is 0.405 e. The maximum atomic E-state index is 13.6. The Morgan fingerprint density at radius 2 is 1.40 bits per heavy atom. The number of carbonyl (C=O) groups excluding carboxylic acids is 1. The molecule has 1 aliphatic heterocycles. The highest BCUT2D eigenvalue weighted by atomic mass is 19.4. The van der Waals surface area contributed by atoms with Gasteiger partial charge in [0.25, 0.3) is 0 Å². The molecule has 5 rings (SSSR count). The lowest BCUT2D eigenvalue weighted by Gasteiger charge is -2.36. The molecule has 1 aliphatic carbocycles. The molecular formula is C31H32F3N3O3. The average Bonchev–Trinajstić information content (AvgIpc) is 3.25. The number of rotatable bonds is 9. The van der Waals surface area contributed by atoms with Gasteiger partial charge in [0, 0.05) is 31.9 Å². The number of hydrogen-bond acceptors (Lipinski definition) is 4. The van der Waals surface area contributed by atoms with E-state index in [1.807, 2.05) is 60.7 Å². The summed E-state index contributed by atoms with van der Waals surface area (Å²) < 4.78 is 39.2. The lowest BCUT2D eigenvalue weighted by atomic mass is 9.73. The van der Waals surface area contributed by atoms with Crippen LogP contribution in [-0.2, 0) is 10.2 Å². The standard InChI is InChI=1S/C31H32F3N3O3/c32-31(33,34)21-35-29(40)30(26-9-3-1-7-24(26)25-8-2-4-10-27(25)30)15-5-6-16-36-17-19-37(20-18-36)23-13-11-22(12-14-23)28(38)39/h1-4,7-14H,5-6,15-21H2,(H,35,40)(H,38,39). The summed E-state index contributed by atoms with van der Waals surface area (Å²) in [5, 5.41) is 11.3. The Morgan fingerprint density at radius 1 is 0.825 bits per heavy atom. The molecule has 0 saturated carbocycles. The lowest BCUT2D eigenvalue weighted by molar-refractivity contribution is -0.141. The molecule has 3 aromatic carbocycles. The molecule has 2 aliphatic rings. The Bertz CT molecular complexity index is 1320. The summed E-state index contributed by atoms with van der Waals surface area (Å²) >= 11 is 0. The van der Waals surface area contributed by atoms with Gasteiger partial charge in [-0.05, 0) is 65.9 Å².